The third-order valence-corrected chi connectivity index (χ3v) is 7.06. The van der Waals surface area contributed by atoms with Gasteiger partial charge in [-0.15, -0.1) is 0 Å². The molecule has 3 rings (SSSR count). The molecule has 3 amide bonds. The average molecular weight is 379 g/mol. The van der Waals surface area contributed by atoms with Crippen molar-refractivity contribution in [1.29, 1.82) is 0 Å². The smallest absolute Gasteiger partial charge is 0.261 e. The molecule has 0 bridgehead atoms. The van der Waals surface area contributed by atoms with Crippen molar-refractivity contribution in [3.05, 3.63) is 29.3 Å². The summed E-state index contributed by atoms with van der Waals surface area (Å²) in [6, 6.07) is 4.06. The van der Waals surface area contributed by atoms with E-state index < -0.39 is 21.8 Å². The second-order valence-corrected chi connectivity index (χ2v) is 8.58. The Morgan fingerprint density at radius 1 is 1.12 bits per heavy atom. The average Bonchev–Trinajstić information content (AvgIpc) is 2.85. The Balaban J connectivity index is 1.82. The molecule has 0 atom stereocenters. The molecule has 2 aliphatic heterocycles. The molecule has 0 saturated carbocycles. The molecule has 0 radical (unpaired) electrons. The minimum absolute atomic E-state index is 0.00562. The van der Waals surface area contributed by atoms with Gasteiger partial charge in [-0.05, 0) is 31.0 Å². The van der Waals surface area contributed by atoms with Crippen LogP contribution in [0.5, 0.6) is 0 Å². The molecule has 8 nitrogen and oxygen atoms in total. The number of rotatable bonds is 3. The van der Waals surface area contributed by atoms with Gasteiger partial charge in [0.1, 0.15) is 0 Å². The fourth-order valence-electron chi connectivity index (χ4n) is 3.38. The molecular weight excluding hydrogens is 358 g/mol. The van der Waals surface area contributed by atoms with E-state index in [0.717, 1.165) is 4.90 Å². The Bertz CT molecular complexity index is 888. The van der Waals surface area contributed by atoms with Gasteiger partial charge in [0, 0.05) is 40.2 Å². The van der Waals surface area contributed by atoms with Crippen molar-refractivity contribution in [3.63, 3.8) is 0 Å². The molecule has 9 heteroatoms. The van der Waals surface area contributed by atoms with E-state index in [2.05, 4.69) is 0 Å². The van der Waals surface area contributed by atoms with Gasteiger partial charge in [-0.1, -0.05) is 0 Å². The number of benzene rings is 1. The summed E-state index contributed by atoms with van der Waals surface area (Å²) in [5.74, 6) is -0.969. The van der Waals surface area contributed by atoms with Crippen LogP contribution in [0.3, 0.4) is 0 Å². The number of carbonyl (C=O) groups is 3. The number of fused-ring (bicyclic) bond motifs is 1. The van der Waals surface area contributed by atoms with Gasteiger partial charge < -0.3 is 4.90 Å². The highest BCUT2D eigenvalue weighted by atomic mass is 32.2. The lowest BCUT2D eigenvalue weighted by atomic mass is 10.1. The third kappa shape index (κ3) is 2.90. The summed E-state index contributed by atoms with van der Waals surface area (Å²) in [4.78, 5) is 38.1. The molecule has 1 saturated heterocycles. The highest BCUT2D eigenvalue weighted by Gasteiger charge is 2.36. The van der Waals surface area contributed by atoms with Crippen LogP contribution in [0.2, 0.25) is 0 Å². The van der Waals surface area contributed by atoms with E-state index in [4.69, 9.17) is 0 Å². The Morgan fingerprint density at radius 3 is 2.27 bits per heavy atom. The Hall–Kier alpha value is -2.26. The third-order valence-electron chi connectivity index (χ3n) is 5.17. The van der Waals surface area contributed by atoms with Crippen LogP contribution in [0, 0.1) is 0 Å². The summed E-state index contributed by atoms with van der Waals surface area (Å²) in [7, 11) is -0.674. The van der Waals surface area contributed by atoms with Crippen molar-refractivity contribution < 1.29 is 22.8 Å². The molecule has 2 heterocycles. The first-order valence-corrected chi connectivity index (χ1v) is 9.78. The topological polar surface area (TPSA) is 95.1 Å². The second kappa shape index (κ2) is 6.48. The quantitative estimate of drug-likeness (QED) is 0.715. The van der Waals surface area contributed by atoms with Gasteiger partial charge in [0.2, 0.25) is 15.9 Å². The zero-order valence-corrected chi connectivity index (χ0v) is 15.7. The molecule has 2 aliphatic rings. The summed E-state index contributed by atoms with van der Waals surface area (Å²) in [5.41, 5.74) is 0.336. The Morgan fingerprint density at radius 2 is 1.69 bits per heavy atom. The zero-order valence-electron chi connectivity index (χ0n) is 14.9. The standard InChI is InChI=1S/C17H21N3O5S/c1-11(21)18(2)12-6-8-20(9-7-12)26(24,25)13-4-5-14-15(10-13)17(23)19(3)16(14)22/h4-5,10,12H,6-9H2,1-3H3. The molecule has 140 valence electrons. The minimum atomic E-state index is -3.76. The van der Waals surface area contributed by atoms with Crippen LogP contribution in [0.15, 0.2) is 23.1 Å². The van der Waals surface area contributed by atoms with Gasteiger partial charge in [0.05, 0.1) is 16.0 Å². The minimum Gasteiger partial charge on any atom is -0.343 e. The van der Waals surface area contributed by atoms with Crippen LogP contribution < -0.4 is 0 Å². The Labute approximate surface area is 152 Å². The number of amides is 3. The summed E-state index contributed by atoms with van der Waals surface area (Å²) >= 11 is 0. The van der Waals surface area contributed by atoms with Gasteiger partial charge in [0.25, 0.3) is 11.8 Å². The van der Waals surface area contributed by atoms with E-state index >= 15 is 0 Å². The zero-order chi connectivity index (χ0) is 19.2. The lowest BCUT2D eigenvalue weighted by molar-refractivity contribution is -0.130. The number of hydrogen-bond donors (Lipinski definition) is 0. The van der Waals surface area contributed by atoms with Crippen LogP contribution in [0.1, 0.15) is 40.5 Å². The fourth-order valence-corrected chi connectivity index (χ4v) is 4.87. The van der Waals surface area contributed by atoms with Crippen molar-refractivity contribution in [2.24, 2.45) is 0 Å². The van der Waals surface area contributed by atoms with Crippen LogP contribution in [0.4, 0.5) is 0 Å². The lowest BCUT2D eigenvalue weighted by Gasteiger charge is -2.35. The van der Waals surface area contributed by atoms with Gasteiger partial charge in [-0.3, -0.25) is 19.3 Å². The fraction of sp³-hybridized carbons (Fsp3) is 0.471. The van der Waals surface area contributed by atoms with Crippen LogP contribution in [-0.2, 0) is 14.8 Å². The van der Waals surface area contributed by atoms with Crippen LogP contribution in [0.25, 0.3) is 0 Å². The number of sulfonamides is 1. The highest BCUT2D eigenvalue weighted by molar-refractivity contribution is 7.89. The molecular formula is C17H21N3O5S. The normalized spacial score (nSPS) is 19.0. The van der Waals surface area contributed by atoms with Gasteiger partial charge in [0.15, 0.2) is 0 Å². The predicted octanol–water partition coefficient (Wildman–Crippen LogP) is 0.544. The Kier molecular flexibility index (Phi) is 4.61. The number of imide groups is 1. The van der Waals surface area contributed by atoms with Crippen molar-refractivity contribution in [3.8, 4) is 0 Å². The molecule has 1 fully saturated rings. The first-order chi connectivity index (χ1) is 12.1. The van der Waals surface area contributed by atoms with E-state index in [1.54, 1.807) is 11.9 Å². The second-order valence-electron chi connectivity index (χ2n) is 6.64. The molecule has 26 heavy (non-hydrogen) atoms. The van der Waals surface area contributed by atoms with Gasteiger partial charge in [-0.2, -0.15) is 4.31 Å². The highest BCUT2D eigenvalue weighted by Crippen LogP contribution is 2.28. The predicted molar refractivity (Wildman–Crippen MR) is 93.1 cm³/mol. The van der Waals surface area contributed by atoms with Gasteiger partial charge >= 0.3 is 0 Å². The summed E-state index contributed by atoms with van der Waals surface area (Å²) in [5, 5.41) is 0. The maximum Gasteiger partial charge on any atom is 0.261 e. The summed E-state index contributed by atoms with van der Waals surface area (Å²) in [6.45, 7) is 2.09. The molecule has 0 aromatic heterocycles. The first kappa shape index (κ1) is 18.5. The number of piperidine rings is 1. The monoisotopic (exact) mass is 379 g/mol. The largest absolute Gasteiger partial charge is 0.343 e. The summed E-state index contributed by atoms with van der Waals surface area (Å²) in [6.07, 6.45) is 1.11. The molecule has 0 spiro atoms. The van der Waals surface area contributed by atoms with Crippen molar-refractivity contribution >= 4 is 27.7 Å². The molecule has 0 aliphatic carbocycles. The van der Waals surface area contributed by atoms with E-state index in [-0.39, 0.29) is 28.0 Å². The maximum atomic E-state index is 12.9. The molecule has 0 N–H and O–H groups in total. The van der Waals surface area contributed by atoms with Gasteiger partial charge in [-0.25, -0.2) is 8.42 Å². The number of hydrogen-bond acceptors (Lipinski definition) is 5. The first-order valence-electron chi connectivity index (χ1n) is 8.34. The van der Waals surface area contributed by atoms with Crippen molar-refractivity contribution in [2.75, 3.05) is 27.2 Å². The van der Waals surface area contributed by atoms with E-state index in [1.807, 2.05) is 0 Å². The molecule has 1 aromatic rings. The SMILES string of the molecule is CC(=O)N(C)C1CCN(S(=O)(=O)c2ccc3c(c2)C(=O)N(C)C3=O)CC1. The summed E-state index contributed by atoms with van der Waals surface area (Å²) < 4.78 is 27.2. The van der Waals surface area contributed by atoms with E-state index in [9.17, 15) is 22.8 Å². The lowest BCUT2D eigenvalue weighted by Crippen LogP contribution is -2.46. The van der Waals surface area contributed by atoms with E-state index in [1.165, 1.54) is 36.5 Å². The number of nitrogens with zero attached hydrogens (tertiary/aromatic N) is 3. The van der Waals surface area contributed by atoms with Crippen LogP contribution >= 0.6 is 0 Å². The van der Waals surface area contributed by atoms with Crippen molar-refractivity contribution in [1.82, 2.24) is 14.1 Å². The molecule has 1 aromatic carbocycles. The molecule has 0 unspecified atom stereocenters. The van der Waals surface area contributed by atoms with E-state index in [0.29, 0.717) is 25.9 Å². The van der Waals surface area contributed by atoms with Crippen LogP contribution in [-0.4, -0.2) is 73.5 Å². The van der Waals surface area contributed by atoms with Crippen molar-refractivity contribution in [2.45, 2.75) is 30.7 Å². The maximum absolute atomic E-state index is 12.9. The number of carbonyl (C=O) groups excluding carboxylic acids is 3.